The van der Waals surface area contributed by atoms with Crippen molar-refractivity contribution in [2.24, 2.45) is 0 Å². The molecule has 0 fully saturated rings. The quantitative estimate of drug-likeness (QED) is 0.516. The van der Waals surface area contributed by atoms with Crippen molar-refractivity contribution in [1.82, 2.24) is 0 Å². The number of aromatic carboxylic acids is 2. The van der Waals surface area contributed by atoms with Crippen LogP contribution in [0.4, 0.5) is 0 Å². The Hall–Kier alpha value is -3.76. The third kappa shape index (κ3) is 9.44. The van der Waals surface area contributed by atoms with Crippen LogP contribution in [0, 0.1) is 0 Å². The van der Waals surface area contributed by atoms with E-state index in [9.17, 15) is 19.2 Å². The van der Waals surface area contributed by atoms with Gasteiger partial charge >= 0.3 is 23.9 Å². The molecule has 0 aliphatic rings. The zero-order valence-corrected chi connectivity index (χ0v) is 16.3. The molecule has 0 aliphatic heterocycles. The molecule has 0 aromatic heterocycles. The Bertz CT molecular complexity index is 756. The van der Waals surface area contributed by atoms with Crippen LogP contribution in [0.2, 0.25) is 0 Å². The van der Waals surface area contributed by atoms with Gasteiger partial charge in [0.05, 0.1) is 49.7 Å². The second kappa shape index (κ2) is 14.3. The van der Waals surface area contributed by atoms with Gasteiger partial charge in [-0.2, -0.15) is 0 Å². The first kappa shape index (κ1) is 26.2. The number of aliphatic hydroxyl groups is 2. The van der Waals surface area contributed by atoms with E-state index < -0.39 is 23.9 Å². The maximum absolute atomic E-state index is 11.0. The molecule has 2 aromatic rings. The van der Waals surface area contributed by atoms with Crippen LogP contribution < -0.4 is 0 Å². The molecule has 0 saturated carbocycles. The molecule has 0 heterocycles. The fourth-order valence-corrected chi connectivity index (χ4v) is 1.73. The summed E-state index contributed by atoms with van der Waals surface area (Å²) in [5.41, 5.74) is 0.973. The maximum Gasteiger partial charge on any atom is 0.337 e. The summed E-state index contributed by atoms with van der Waals surface area (Å²) in [4.78, 5) is 42.7. The van der Waals surface area contributed by atoms with Gasteiger partial charge in [0.2, 0.25) is 0 Å². The highest BCUT2D eigenvalue weighted by molar-refractivity contribution is 5.93. The number of carboxylic acids is 2. The minimum Gasteiger partial charge on any atom is -0.478 e. The lowest BCUT2D eigenvalue weighted by atomic mass is 10.1. The van der Waals surface area contributed by atoms with E-state index in [1.165, 1.54) is 62.8 Å². The molecule has 0 saturated heterocycles. The number of benzene rings is 2. The third-order valence-corrected chi connectivity index (χ3v) is 3.21. The van der Waals surface area contributed by atoms with Crippen LogP contribution in [0.5, 0.6) is 0 Å². The van der Waals surface area contributed by atoms with Gasteiger partial charge in [0.1, 0.15) is 0 Å². The van der Waals surface area contributed by atoms with E-state index >= 15 is 0 Å². The van der Waals surface area contributed by atoms with Crippen LogP contribution >= 0.6 is 0 Å². The van der Waals surface area contributed by atoms with E-state index in [-0.39, 0.29) is 24.3 Å². The van der Waals surface area contributed by atoms with Crippen LogP contribution in [0.25, 0.3) is 0 Å². The van der Waals surface area contributed by atoms with E-state index in [1.54, 1.807) is 0 Å². The Balaban J connectivity index is 0.000000481. The van der Waals surface area contributed by atoms with E-state index in [0.29, 0.717) is 11.1 Å². The summed E-state index contributed by atoms with van der Waals surface area (Å²) < 4.78 is 9.02. The number of rotatable bonds is 5. The van der Waals surface area contributed by atoms with Gasteiger partial charge in [-0.25, -0.2) is 19.2 Å². The summed E-state index contributed by atoms with van der Waals surface area (Å²) in [5.74, 6) is -2.98. The minimum absolute atomic E-state index is 0.0833. The van der Waals surface area contributed by atoms with E-state index in [4.69, 9.17) is 20.4 Å². The average Bonchev–Trinajstić information content (AvgIpc) is 2.78. The standard InChI is InChI=1S/C10H10O4.C8H6O4.C2H6O2/c1-13-9(11)7-3-5-8(6-4-7)10(12)14-2;9-7(10)5-1-2-6(4-3-5)8(11)12;3-1-2-4/h3-6H,1-2H3;1-4H,(H,9,10)(H,11,12);3-4H,1-2H2. The molecule has 0 amide bonds. The number of hydrogen-bond donors (Lipinski definition) is 4. The molecule has 4 N–H and O–H groups in total. The van der Waals surface area contributed by atoms with Crippen LogP contribution in [-0.2, 0) is 9.47 Å². The summed E-state index contributed by atoms with van der Waals surface area (Å²) in [6.07, 6.45) is 0. The second-order valence-electron chi connectivity index (χ2n) is 5.20. The molecular weight excluding hydrogens is 400 g/mol. The predicted octanol–water partition coefficient (Wildman–Crippen LogP) is 1.31. The molecule has 0 bridgehead atoms. The molecule has 2 rings (SSSR count). The second-order valence-corrected chi connectivity index (χ2v) is 5.20. The van der Waals surface area contributed by atoms with Crippen molar-refractivity contribution in [1.29, 1.82) is 0 Å². The topological polar surface area (TPSA) is 168 Å². The largest absolute Gasteiger partial charge is 0.478 e. The van der Waals surface area contributed by atoms with Gasteiger partial charge < -0.3 is 29.9 Å². The van der Waals surface area contributed by atoms with Crippen LogP contribution in [0.15, 0.2) is 48.5 Å². The molecular formula is C20H22O10. The van der Waals surface area contributed by atoms with E-state index in [0.717, 1.165) is 0 Å². The smallest absolute Gasteiger partial charge is 0.337 e. The monoisotopic (exact) mass is 422 g/mol. The van der Waals surface area contributed by atoms with Gasteiger partial charge in [0.15, 0.2) is 0 Å². The number of carbonyl (C=O) groups excluding carboxylic acids is 2. The van der Waals surface area contributed by atoms with Crippen LogP contribution in [0.1, 0.15) is 41.4 Å². The first-order valence-corrected chi connectivity index (χ1v) is 8.26. The Morgan fingerprint density at radius 3 is 1.00 bits per heavy atom. The zero-order valence-electron chi connectivity index (χ0n) is 16.3. The summed E-state index contributed by atoms with van der Waals surface area (Å²) >= 11 is 0. The fourth-order valence-electron chi connectivity index (χ4n) is 1.73. The fraction of sp³-hybridized carbons (Fsp3) is 0.200. The highest BCUT2D eigenvalue weighted by atomic mass is 16.5. The SMILES string of the molecule is COC(=O)c1ccc(C(=O)OC)cc1.O=C(O)c1ccc(C(=O)O)cc1.OCCO. The highest BCUT2D eigenvalue weighted by Crippen LogP contribution is 2.06. The Kier molecular flexibility index (Phi) is 12.5. The molecule has 0 aliphatic carbocycles. The number of esters is 2. The molecule has 0 spiro atoms. The number of hydrogen-bond acceptors (Lipinski definition) is 8. The maximum atomic E-state index is 11.0. The third-order valence-electron chi connectivity index (χ3n) is 3.21. The summed E-state index contributed by atoms with van der Waals surface area (Å²) in [7, 11) is 2.60. The van der Waals surface area contributed by atoms with Crippen molar-refractivity contribution >= 4 is 23.9 Å². The molecule has 10 nitrogen and oxygen atoms in total. The van der Waals surface area contributed by atoms with E-state index in [1.807, 2.05) is 0 Å². The summed E-state index contributed by atoms with van der Waals surface area (Å²) in [6.45, 7) is -0.250. The lowest BCUT2D eigenvalue weighted by molar-refractivity contribution is 0.0586. The molecule has 0 radical (unpaired) electrons. The van der Waals surface area contributed by atoms with Crippen molar-refractivity contribution in [2.45, 2.75) is 0 Å². The van der Waals surface area contributed by atoms with Crippen molar-refractivity contribution in [2.75, 3.05) is 27.4 Å². The normalized spacial score (nSPS) is 9.07. The van der Waals surface area contributed by atoms with Gasteiger partial charge in [-0.1, -0.05) is 0 Å². The number of carboxylic acid groups (broad SMARTS) is 2. The summed E-state index contributed by atoms with van der Waals surface area (Å²) in [6, 6.07) is 11.1. The number of carbonyl (C=O) groups is 4. The van der Waals surface area contributed by atoms with Crippen molar-refractivity contribution in [3.8, 4) is 0 Å². The summed E-state index contributed by atoms with van der Waals surface area (Å²) in [5, 5.41) is 32.2. The lowest BCUT2D eigenvalue weighted by Gasteiger charge is -2.00. The highest BCUT2D eigenvalue weighted by Gasteiger charge is 2.08. The van der Waals surface area contributed by atoms with Crippen molar-refractivity contribution in [3.05, 3.63) is 70.8 Å². The number of aliphatic hydroxyl groups excluding tert-OH is 2. The van der Waals surface area contributed by atoms with Crippen LogP contribution in [-0.4, -0.2) is 71.7 Å². The first-order valence-electron chi connectivity index (χ1n) is 8.26. The van der Waals surface area contributed by atoms with Gasteiger partial charge in [0, 0.05) is 0 Å². The lowest BCUT2D eigenvalue weighted by Crippen LogP contribution is -2.04. The molecule has 2 aromatic carbocycles. The molecule has 30 heavy (non-hydrogen) atoms. The molecule has 0 atom stereocenters. The Labute approximate surface area is 171 Å². The average molecular weight is 422 g/mol. The first-order chi connectivity index (χ1) is 14.2. The Morgan fingerprint density at radius 2 is 0.833 bits per heavy atom. The van der Waals surface area contributed by atoms with E-state index in [2.05, 4.69) is 9.47 Å². The van der Waals surface area contributed by atoms with Gasteiger partial charge in [0.25, 0.3) is 0 Å². The molecule has 10 heteroatoms. The van der Waals surface area contributed by atoms with Gasteiger partial charge in [-0.3, -0.25) is 0 Å². The van der Waals surface area contributed by atoms with Gasteiger partial charge in [-0.15, -0.1) is 0 Å². The Morgan fingerprint density at radius 1 is 0.600 bits per heavy atom. The number of ether oxygens (including phenoxy) is 2. The molecule has 162 valence electrons. The number of methoxy groups -OCH3 is 2. The molecule has 0 unspecified atom stereocenters. The van der Waals surface area contributed by atoms with Gasteiger partial charge in [-0.05, 0) is 48.5 Å². The van der Waals surface area contributed by atoms with Crippen LogP contribution in [0.3, 0.4) is 0 Å². The minimum atomic E-state index is -1.06. The zero-order chi connectivity index (χ0) is 23.1. The van der Waals surface area contributed by atoms with Crippen molar-refractivity contribution in [3.63, 3.8) is 0 Å². The predicted molar refractivity (Wildman–Crippen MR) is 104 cm³/mol. The van der Waals surface area contributed by atoms with Crippen molar-refractivity contribution < 1.29 is 49.1 Å².